The highest BCUT2D eigenvalue weighted by atomic mass is 32.1. The normalized spacial score (nSPS) is 19.2. The van der Waals surface area contributed by atoms with E-state index in [0.29, 0.717) is 6.04 Å². The molecule has 0 bridgehead atoms. The maximum atomic E-state index is 5.24. The highest BCUT2D eigenvalue weighted by Gasteiger charge is 2.26. The second-order valence-corrected chi connectivity index (χ2v) is 6.75. The molecule has 1 aromatic heterocycles. The number of piperazine rings is 1. The Kier molecular flexibility index (Phi) is 5.65. The largest absolute Gasteiger partial charge is 0.383 e. The molecule has 0 N–H and O–H groups in total. The van der Waals surface area contributed by atoms with Crippen LogP contribution in [0, 0.1) is 0 Å². The van der Waals surface area contributed by atoms with Gasteiger partial charge in [-0.25, -0.2) is 4.98 Å². The molecule has 0 saturated carbocycles. The fraction of sp³-hybridized carbons (Fsp3) is 0.500. The number of hydrogen-bond donors (Lipinski definition) is 0. The summed E-state index contributed by atoms with van der Waals surface area (Å²) >= 11 is 1.75. The predicted octanol–water partition coefficient (Wildman–Crippen LogP) is 3.36. The van der Waals surface area contributed by atoms with Gasteiger partial charge >= 0.3 is 0 Å². The van der Waals surface area contributed by atoms with E-state index in [0.717, 1.165) is 50.0 Å². The Morgan fingerprint density at radius 3 is 2.83 bits per heavy atom. The van der Waals surface area contributed by atoms with Gasteiger partial charge in [0.25, 0.3) is 0 Å². The van der Waals surface area contributed by atoms with Crippen molar-refractivity contribution in [3.8, 4) is 11.3 Å². The Labute approximate surface area is 142 Å². The lowest BCUT2D eigenvalue weighted by atomic mass is 10.1. The molecule has 2 aromatic rings. The molecule has 2 heterocycles. The third-order valence-corrected chi connectivity index (χ3v) is 5.39. The van der Waals surface area contributed by atoms with E-state index in [-0.39, 0.29) is 0 Å². The zero-order valence-electron chi connectivity index (χ0n) is 13.9. The van der Waals surface area contributed by atoms with E-state index in [2.05, 4.69) is 46.4 Å². The number of nitrogens with zero attached hydrogens (tertiary/aromatic N) is 3. The molecule has 1 unspecified atom stereocenters. The number of ether oxygens (including phenoxy) is 1. The summed E-state index contributed by atoms with van der Waals surface area (Å²) in [5, 5.41) is 3.32. The number of anilines is 1. The average Bonchev–Trinajstić information content (AvgIpc) is 3.10. The summed E-state index contributed by atoms with van der Waals surface area (Å²) in [4.78, 5) is 9.85. The molecule has 1 aliphatic rings. The van der Waals surface area contributed by atoms with E-state index in [1.54, 1.807) is 18.4 Å². The number of rotatable bonds is 6. The van der Waals surface area contributed by atoms with Gasteiger partial charge in [-0.15, -0.1) is 11.3 Å². The minimum atomic E-state index is 0.586. The summed E-state index contributed by atoms with van der Waals surface area (Å²) in [6.07, 6.45) is 1.16. The lowest BCUT2D eigenvalue weighted by molar-refractivity contribution is 0.109. The average molecular weight is 331 g/mol. The molecule has 1 fully saturated rings. The Morgan fingerprint density at radius 1 is 1.26 bits per heavy atom. The number of aromatic nitrogens is 1. The molecule has 1 atom stereocenters. The van der Waals surface area contributed by atoms with Crippen molar-refractivity contribution in [2.45, 2.75) is 19.4 Å². The molecule has 1 aromatic carbocycles. The van der Waals surface area contributed by atoms with E-state index in [4.69, 9.17) is 9.72 Å². The van der Waals surface area contributed by atoms with Gasteiger partial charge in [-0.2, -0.15) is 0 Å². The SMILES string of the molecule is CCC1CN(c2nc(-c3ccccc3)cs2)CCN1CCOC. The van der Waals surface area contributed by atoms with Gasteiger partial charge in [0, 0.05) is 50.3 Å². The first kappa shape index (κ1) is 16.4. The second kappa shape index (κ2) is 7.90. The Balaban J connectivity index is 1.68. The summed E-state index contributed by atoms with van der Waals surface area (Å²) in [5.41, 5.74) is 2.28. The van der Waals surface area contributed by atoms with E-state index >= 15 is 0 Å². The van der Waals surface area contributed by atoms with Crippen LogP contribution in [0.25, 0.3) is 11.3 Å². The van der Waals surface area contributed by atoms with Crippen molar-refractivity contribution in [3.63, 3.8) is 0 Å². The standard InChI is InChI=1S/C18H25N3OS/c1-3-16-13-21(10-9-20(16)11-12-22-2)18-19-17(14-23-18)15-7-5-4-6-8-15/h4-8,14,16H,3,9-13H2,1-2H3. The molecule has 1 aliphatic heterocycles. The van der Waals surface area contributed by atoms with Crippen molar-refractivity contribution < 1.29 is 4.74 Å². The molecule has 0 aliphatic carbocycles. The van der Waals surface area contributed by atoms with Crippen LogP contribution in [0.15, 0.2) is 35.7 Å². The van der Waals surface area contributed by atoms with Crippen LogP contribution in [0.4, 0.5) is 5.13 Å². The van der Waals surface area contributed by atoms with E-state index in [9.17, 15) is 0 Å². The third kappa shape index (κ3) is 3.91. The van der Waals surface area contributed by atoms with Gasteiger partial charge in [0.05, 0.1) is 12.3 Å². The maximum absolute atomic E-state index is 5.24. The van der Waals surface area contributed by atoms with Crippen LogP contribution in [0.1, 0.15) is 13.3 Å². The zero-order chi connectivity index (χ0) is 16.1. The molecule has 0 radical (unpaired) electrons. The summed E-state index contributed by atoms with van der Waals surface area (Å²) in [7, 11) is 1.78. The van der Waals surface area contributed by atoms with Crippen molar-refractivity contribution in [1.29, 1.82) is 0 Å². The van der Waals surface area contributed by atoms with Gasteiger partial charge in [-0.1, -0.05) is 37.3 Å². The van der Waals surface area contributed by atoms with Gasteiger partial charge in [0.15, 0.2) is 5.13 Å². The predicted molar refractivity (Wildman–Crippen MR) is 97.3 cm³/mol. The highest BCUT2D eigenvalue weighted by molar-refractivity contribution is 7.14. The maximum Gasteiger partial charge on any atom is 0.185 e. The van der Waals surface area contributed by atoms with Crippen molar-refractivity contribution in [2.24, 2.45) is 0 Å². The first-order chi connectivity index (χ1) is 11.3. The highest BCUT2D eigenvalue weighted by Crippen LogP contribution is 2.29. The summed E-state index contributed by atoms with van der Waals surface area (Å²) in [5.74, 6) is 0. The fourth-order valence-corrected chi connectivity index (χ4v) is 3.98. The Bertz CT molecular complexity index is 601. The first-order valence-electron chi connectivity index (χ1n) is 8.30. The molecular weight excluding hydrogens is 306 g/mol. The number of hydrogen-bond acceptors (Lipinski definition) is 5. The van der Waals surface area contributed by atoms with Crippen LogP contribution in [-0.4, -0.2) is 55.8 Å². The minimum absolute atomic E-state index is 0.586. The van der Waals surface area contributed by atoms with Crippen molar-refractivity contribution in [2.75, 3.05) is 44.8 Å². The fourth-order valence-electron chi connectivity index (χ4n) is 3.11. The molecule has 3 rings (SSSR count). The van der Waals surface area contributed by atoms with Crippen molar-refractivity contribution >= 4 is 16.5 Å². The molecule has 1 saturated heterocycles. The summed E-state index contributed by atoms with van der Waals surface area (Å²) in [6, 6.07) is 11.0. The number of benzene rings is 1. The van der Waals surface area contributed by atoms with Crippen LogP contribution < -0.4 is 4.90 Å². The Morgan fingerprint density at radius 2 is 2.09 bits per heavy atom. The second-order valence-electron chi connectivity index (χ2n) is 5.92. The lowest BCUT2D eigenvalue weighted by Crippen LogP contribution is -2.53. The Hall–Kier alpha value is -1.43. The smallest absolute Gasteiger partial charge is 0.185 e. The monoisotopic (exact) mass is 331 g/mol. The molecular formula is C18H25N3OS. The van der Waals surface area contributed by atoms with Gasteiger partial charge in [-0.05, 0) is 6.42 Å². The molecule has 4 nitrogen and oxygen atoms in total. The summed E-state index contributed by atoms with van der Waals surface area (Å²) in [6.45, 7) is 7.29. The summed E-state index contributed by atoms with van der Waals surface area (Å²) < 4.78 is 5.24. The number of methoxy groups -OCH3 is 1. The van der Waals surface area contributed by atoms with Gasteiger partial charge in [-0.3, -0.25) is 4.90 Å². The topological polar surface area (TPSA) is 28.6 Å². The van der Waals surface area contributed by atoms with Crippen LogP contribution in [-0.2, 0) is 4.74 Å². The molecule has 0 amide bonds. The van der Waals surface area contributed by atoms with E-state index < -0.39 is 0 Å². The van der Waals surface area contributed by atoms with Crippen molar-refractivity contribution in [3.05, 3.63) is 35.7 Å². The molecule has 124 valence electrons. The van der Waals surface area contributed by atoms with E-state index in [1.807, 2.05) is 6.07 Å². The van der Waals surface area contributed by atoms with Crippen LogP contribution >= 0.6 is 11.3 Å². The van der Waals surface area contributed by atoms with Crippen LogP contribution in [0.2, 0.25) is 0 Å². The van der Waals surface area contributed by atoms with Crippen LogP contribution in [0.3, 0.4) is 0 Å². The number of thiazole rings is 1. The molecule has 0 spiro atoms. The molecule has 5 heteroatoms. The lowest BCUT2D eigenvalue weighted by Gasteiger charge is -2.41. The van der Waals surface area contributed by atoms with Gasteiger partial charge < -0.3 is 9.64 Å². The third-order valence-electron chi connectivity index (χ3n) is 4.49. The minimum Gasteiger partial charge on any atom is -0.383 e. The van der Waals surface area contributed by atoms with Crippen molar-refractivity contribution in [1.82, 2.24) is 9.88 Å². The van der Waals surface area contributed by atoms with E-state index in [1.165, 1.54) is 5.56 Å². The molecule has 23 heavy (non-hydrogen) atoms. The zero-order valence-corrected chi connectivity index (χ0v) is 14.8. The quantitative estimate of drug-likeness (QED) is 0.811. The van der Waals surface area contributed by atoms with Crippen LogP contribution in [0.5, 0.6) is 0 Å². The van der Waals surface area contributed by atoms with Gasteiger partial charge in [0.2, 0.25) is 0 Å². The van der Waals surface area contributed by atoms with Gasteiger partial charge in [0.1, 0.15) is 0 Å². The first-order valence-corrected chi connectivity index (χ1v) is 9.18.